The number of nitrogens with zero attached hydrogens (tertiary/aromatic N) is 3. The van der Waals surface area contributed by atoms with Gasteiger partial charge in [0.25, 0.3) is 0 Å². The fourth-order valence-electron chi connectivity index (χ4n) is 3.91. The van der Waals surface area contributed by atoms with E-state index in [0.717, 1.165) is 29.7 Å². The summed E-state index contributed by atoms with van der Waals surface area (Å²) in [4.78, 5) is 19.3. The van der Waals surface area contributed by atoms with E-state index in [0.29, 0.717) is 19.5 Å². The van der Waals surface area contributed by atoms with Crippen LogP contribution >= 0.6 is 0 Å². The second kappa shape index (κ2) is 9.38. The van der Waals surface area contributed by atoms with E-state index in [1.165, 1.54) is 0 Å². The molecule has 0 bridgehead atoms. The van der Waals surface area contributed by atoms with Crippen LogP contribution in [0.1, 0.15) is 70.7 Å². The molecule has 1 amide bonds. The number of carbonyl (C=O) groups excluding carboxylic acids is 1. The van der Waals surface area contributed by atoms with E-state index in [-0.39, 0.29) is 34.2 Å². The normalized spacial score (nSPS) is 14.7. The number of carbonyl (C=O) groups is 1. The number of hydrogen-bond donors (Lipinski definition) is 0. The van der Waals surface area contributed by atoms with Gasteiger partial charge < -0.3 is 9.47 Å². The largest absolute Gasteiger partial charge is 0.334 e. The highest BCUT2D eigenvalue weighted by atomic mass is 32.2. The van der Waals surface area contributed by atoms with Crippen LogP contribution in [0, 0.1) is 18.3 Å². The Kier molecular flexibility index (Phi) is 7.18. The van der Waals surface area contributed by atoms with Gasteiger partial charge in [0.05, 0.1) is 24.2 Å². The maximum absolute atomic E-state index is 13.4. The van der Waals surface area contributed by atoms with Crippen molar-refractivity contribution in [2.45, 2.75) is 90.8 Å². The van der Waals surface area contributed by atoms with Gasteiger partial charge in [-0.15, -0.1) is 0 Å². The first-order valence-electron chi connectivity index (χ1n) is 11.5. The fraction of sp³-hybridized carbons (Fsp3) is 0.600. The summed E-state index contributed by atoms with van der Waals surface area (Å²) in [7, 11) is -3.63. The number of aryl methyl sites for hydroxylation is 1. The molecule has 6 nitrogen and oxygen atoms in total. The molecule has 0 aliphatic heterocycles. The molecule has 176 valence electrons. The van der Waals surface area contributed by atoms with Gasteiger partial charge in [-0.05, 0) is 42.2 Å². The Balaban J connectivity index is 1.92. The second-order valence-corrected chi connectivity index (χ2v) is 12.6. The zero-order chi connectivity index (χ0) is 23.7. The highest BCUT2D eigenvalue weighted by Gasteiger charge is 2.35. The third kappa shape index (κ3) is 6.21. The summed E-state index contributed by atoms with van der Waals surface area (Å²) in [6, 6.07) is 7.79. The summed E-state index contributed by atoms with van der Waals surface area (Å²) in [6.07, 6.45) is 4.13. The van der Waals surface area contributed by atoms with Gasteiger partial charge >= 0.3 is 0 Å². The van der Waals surface area contributed by atoms with Gasteiger partial charge in [0.1, 0.15) is 0 Å². The molecule has 1 saturated carbocycles. The lowest BCUT2D eigenvalue weighted by Gasteiger charge is -2.27. The zero-order valence-corrected chi connectivity index (χ0v) is 21.1. The van der Waals surface area contributed by atoms with Crippen LogP contribution in [0.3, 0.4) is 0 Å². The van der Waals surface area contributed by atoms with Crippen LogP contribution in [0.15, 0.2) is 35.6 Å². The van der Waals surface area contributed by atoms with Crippen LogP contribution in [-0.4, -0.2) is 34.8 Å². The Morgan fingerprint density at radius 3 is 2.44 bits per heavy atom. The predicted molar refractivity (Wildman–Crippen MR) is 127 cm³/mol. The van der Waals surface area contributed by atoms with E-state index in [4.69, 9.17) is 0 Å². The number of rotatable bonds is 9. The standard InChI is InChI=1S/C25H37N3O3S/c1-18(2)15-28-22(16-27(21-11-12-21)23(29)13-25(4,5)6)14-26-24(28)32(30,31)17-20-10-8-7-9-19(20)3/h7-10,14,18,21H,11-13,15-17H2,1-6H3. The van der Waals surface area contributed by atoms with Gasteiger partial charge in [-0.3, -0.25) is 4.79 Å². The molecule has 1 aliphatic carbocycles. The Bertz CT molecular complexity index is 1060. The molecular formula is C25H37N3O3S. The first-order valence-corrected chi connectivity index (χ1v) is 13.1. The maximum Gasteiger partial charge on any atom is 0.228 e. The minimum absolute atomic E-state index is 0.0798. The number of hydrogen-bond acceptors (Lipinski definition) is 4. The first-order chi connectivity index (χ1) is 14.9. The summed E-state index contributed by atoms with van der Waals surface area (Å²) >= 11 is 0. The smallest absolute Gasteiger partial charge is 0.228 e. The molecule has 7 heteroatoms. The number of sulfone groups is 1. The Morgan fingerprint density at radius 2 is 1.88 bits per heavy atom. The van der Waals surface area contributed by atoms with Crippen molar-refractivity contribution in [3.63, 3.8) is 0 Å². The number of imidazole rings is 1. The summed E-state index contributed by atoms with van der Waals surface area (Å²) in [5.74, 6) is 0.292. The van der Waals surface area contributed by atoms with Crippen LogP contribution < -0.4 is 0 Å². The van der Waals surface area contributed by atoms with Gasteiger partial charge in [-0.25, -0.2) is 13.4 Å². The molecule has 1 aliphatic rings. The van der Waals surface area contributed by atoms with Crippen LogP contribution in [-0.2, 0) is 33.5 Å². The van der Waals surface area contributed by atoms with Crippen molar-refractivity contribution in [1.82, 2.24) is 14.5 Å². The number of amides is 1. The summed E-state index contributed by atoms with van der Waals surface area (Å²) in [6.45, 7) is 13.2. The van der Waals surface area contributed by atoms with Crippen molar-refractivity contribution < 1.29 is 13.2 Å². The average Bonchev–Trinajstić information content (AvgIpc) is 3.41. The van der Waals surface area contributed by atoms with E-state index in [9.17, 15) is 13.2 Å². The number of benzene rings is 1. The Morgan fingerprint density at radius 1 is 1.22 bits per heavy atom. The molecule has 2 aromatic rings. The van der Waals surface area contributed by atoms with Crippen molar-refractivity contribution in [2.24, 2.45) is 11.3 Å². The van der Waals surface area contributed by atoms with Crippen LogP contribution in [0.25, 0.3) is 0 Å². The van der Waals surface area contributed by atoms with E-state index < -0.39 is 9.84 Å². The average molecular weight is 460 g/mol. The lowest BCUT2D eigenvalue weighted by molar-refractivity contribution is -0.134. The quantitative estimate of drug-likeness (QED) is 0.542. The minimum atomic E-state index is -3.63. The second-order valence-electron chi connectivity index (χ2n) is 10.7. The first kappa shape index (κ1) is 24.5. The van der Waals surface area contributed by atoms with E-state index in [1.807, 2.05) is 40.7 Å². The molecule has 1 aromatic heterocycles. The molecule has 32 heavy (non-hydrogen) atoms. The highest BCUT2D eigenvalue weighted by Crippen LogP contribution is 2.32. The Hall–Kier alpha value is -2.15. The summed E-state index contributed by atoms with van der Waals surface area (Å²) in [5.41, 5.74) is 2.43. The highest BCUT2D eigenvalue weighted by molar-refractivity contribution is 7.90. The SMILES string of the molecule is Cc1ccccc1CS(=O)(=O)c1ncc(CN(C(=O)CC(C)(C)C)C2CC2)n1CC(C)C. The lowest BCUT2D eigenvalue weighted by atomic mass is 9.91. The van der Waals surface area contributed by atoms with Gasteiger partial charge in [-0.2, -0.15) is 0 Å². The van der Waals surface area contributed by atoms with E-state index in [2.05, 4.69) is 39.6 Å². The third-order valence-electron chi connectivity index (χ3n) is 5.66. The van der Waals surface area contributed by atoms with Crippen LogP contribution in [0.2, 0.25) is 0 Å². The van der Waals surface area contributed by atoms with Gasteiger partial charge in [0.15, 0.2) is 0 Å². The summed E-state index contributed by atoms with van der Waals surface area (Å²) < 4.78 is 28.5. The van der Waals surface area contributed by atoms with Crippen molar-refractivity contribution in [3.05, 3.63) is 47.3 Å². The van der Waals surface area contributed by atoms with Crippen molar-refractivity contribution in [1.29, 1.82) is 0 Å². The van der Waals surface area contributed by atoms with E-state index >= 15 is 0 Å². The van der Waals surface area contributed by atoms with Crippen LogP contribution in [0.5, 0.6) is 0 Å². The molecule has 0 unspecified atom stereocenters. The molecule has 1 heterocycles. The van der Waals surface area contributed by atoms with E-state index in [1.54, 1.807) is 6.20 Å². The molecule has 0 N–H and O–H groups in total. The monoisotopic (exact) mass is 459 g/mol. The molecule has 1 aromatic carbocycles. The van der Waals surface area contributed by atoms with Gasteiger partial charge in [-0.1, -0.05) is 58.9 Å². The molecule has 0 atom stereocenters. The fourth-order valence-corrected chi connectivity index (χ4v) is 5.51. The third-order valence-corrected chi connectivity index (χ3v) is 7.23. The molecule has 3 rings (SSSR count). The molecule has 0 radical (unpaired) electrons. The van der Waals surface area contributed by atoms with Crippen molar-refractivity contribution >= 4 is 15.7 Å². The maximum atomic E-state index is 13.4. The van der Waals surface area contributed by atoms with Crippen LogP contribution in [0.4, 0.5) is 0 Å². The topological polar surface area (TPSA) is 72.3 Å². The minimum Gasteiger partial charge on any atom is -0.334 e. The molecular weight excluding hydrogens is 422 g/mol. The van der Waals surface area contributed by atoms with Crippen molar-refractivity contribution in [2.75, 3.05) is 0 Å². The Labute approximate surface area is 193 Å². The molecule has 0 spiro atoms. The zero-order valence-electron chi connectivity index (χ0n) is 20.3. The van der Waals surface area contributed by atoms with Gasteiger partial charge in [0.2, 0.25) is 20.9 Å². The predicted octanol–water partition coefficient (Wildman–Crippen LogP) is 4.75. The summed E-state index contributed by atoms with van der Waals surface area (Å²) in [5, 5.41) is 0.100. The molecule has 1 fully saturated rings. The molecule has 0 saturated heterocycles. The van der Waals surface area contributed by atoms with Gasteiger partial charge in [0, 0.05) is 19.0 Å². The van der Waals surface area contributed by atoms with Crippen molar-refractivity contribution in [3.8, 4) is 0 Å². The lowest BCUT2D eigenvalue weighted by Crippen LogP contribution is -2.35. The number of aromatic nitrogens is 2.